The summed E-state index contributed by atoms with van der Waals surface area (Å²) in [7, 11) is 0. The second-order valence-electron chi connectivity index (χ2n) is 6.25. The summed E-state index contributed by atoms with van der Waals surface area (Å²) < 4.78 is 0. The average Bonchev–Trinajstić information content (AvgIpc) is 2.49. The van der Waals surface area contributed by atoms with Gasteiger partial charge in [0.05, 0.1) is 11.6 Å². The Hall–Kier alpha value is -1.68. The average molecular weight is 285 g/mol. The van der Waals surface area contributed by atoms with Crippen molar-refractivity contribution in [3.05, 3.63) is 30.1 Å². The van der Waals surface area contributed by atoms with Crippen molar-refractivity contribution in [2.75, 3.05) is 5.32 Å². The number of para-hydroxylation sites is 1. The van der Waals surface area contributed by atoms with Gasteiger partial charge in [0, 0.05) is 17.3 Å². The van der Waals surface area contributed by atoms with Crippen LogP contribution in [0.1, 0.15) is 51.3 Å². The lowest BCUT2D eigenvalue weighted by atomic mass is 9.93. The van der Waals surface area contributed by atoms with Crippen LogP contribution in [0.5, 0.6) is 0 Å². The molecule has 1 aromatic heterocycles. The fraction of sp³-hybridized carbons (Fsp3) is 0.529. The van der Waals surface area contributed by atoms with Gasteiger partial charge in [-0.2, -0.15) is 0 Å². The van der Waals surface area contributed by atoms with Gasteiger partial charge in [0.2, 0.25) is 0 Å². The lowest BCUT2D eigenvalue weighted by Crippen LogP contribution is -2.28. The van der Waals surface area contributed by atoms with E-state index in [0.29, 0.717) is 12.0 Å². The third-order valence-electron chi connectivity index (χ3n) is 4.17. The van der Waals surface area contributed by atoms with Crippen LogP contribution in [0.15, 0.2) is 24.3 Å². The number of fused-ring (bicyclic) bond motifs is 1. The smallest absolute Gasteiger partial charge is 0.137 e. The van der Waals surface area contributed by atoms with Crippen molar-refractivity contribution in [3.8, 4) is 0 Å². The van der Waals surface area contributed by atoms with Gasteiger partial charge in [-0.05, 0) is 37.8 Å². The minimum atomic E-state index is -0.128. The molecule has 0 atom stereocenters. The van der Waals surface area contributed by atoms with Gasteiger partial charge in [-0.3, -0.25) is 0 Å². The molecule has 1 heterocycles. The van der Waals surface area contributed by atoms with E-state index in [1.807, 2.05) is 18.2 Å². The lowest BCUT2D eigenvalue weighted by molar-refractivity contribution is 0.126. The third kappa shape index (κ3) is 3.16. The molecule has 0 amide bonds. The Morgan fingerprint density at radius 3 is 2.52 bits per heavy atom. The first-order valence-electron chi connectivity index (χ1n) is 7.85. The highest BCUT2D eigenvalue weighted by atomic mass is 16.3. The minimum Gasteiger partial charge on any atom is -0.393 e. The maximum Gasteiger partial charge on any atom is 0.137 e. The molecule has 112 valence electrons. The normalized spacial score (nSPS) is 22.7. The molecular formula is C17H23N3O. The first kappa shape index (κ1) is 14.3. The highest BCUT2D eigenvalue weighted by Gasteiger charge is 2.20. The second kappa shape index (κ2) is 5.98. The molecule has 1 aliphatic carbocycles. The molecule has 4 heteroatoms. The monoisotopic (exact) mass is 285 g/mol. The third-order valence-corrected chi connectivity index (χ3v) is 4.17. The van der Waals surface area contributed by atoms with Crippen LogP contribution < -0.4 is 5.32 Å². The molecule has 3 rings (SSSR count). The molecule has 1 aromatic carbocycles. The molecule has 0 unspecified atom stereocenters. The standard InChI is InChI=1S/C17H23N3O/c1-11(2)16-19-15-6-4-3-5-14(15)17(20-16)18-12-7-9-13(21)10-8-12/h3-6,11-13,21H,7-10H2,1-2H3,(H,18,19,20). The molecule has 0 radical (unpaired) electrons. The quantitative estimate of drug-likeness (QED) is 0.906. The van der Waals surface area contributed by atoms with E-state index in [9.17, 15) is 5.11 Å². The van der Waals surface area contributed by atoms with Crippen LogP contribution in [0.2, 0.25) is 0 Å². The zero-order valence-electron chi connectivity index (χ0n) is 12.7. The molecule has 1 saturated carbocycles. The maximum atomic E-state index is 9.63. The Morgan fingerprint density at radius 2 is 1.81 bits per heavy atom. The fourth-order valence-electron chi connectivity index (χ4n) is 2.88. The maximum absolute atomic E-state index is 9.63. The summed E-state index contributed by atoms with van der Waals surface area (Å²) in [6.07, 6.45) is 3.61. The molecule has 0 bridgehead atoms. The van der Waals surface area contributed by atoms with Gasteiger partial charge in [-0.15, -0.1) is 0 Å². The first-order chi connectivity index (χ1) is 10.1. The first-order valence-corrected chi connectivity index (χ1v) is 7.85. The highest BCUT2D eigenvalue weighted by Crippen LogP contribution is 2.27. The van der Waals surface area contributed by atoms with Crippen molar-refractivity contribution < 1.29 is 5.11 Å². The summed E-state index contributed by atoms with van der Waals surface area (Å²) >= 11 is 0. The summed E-state index contributed by atoms with van der Waals surface area (Å²) in [5.74, 6) is 2.13. The van der Waals surface area contributed by atoms with E-state index >= 15 is 0 Å². The van der Waals surface area contributed by atoms with Crippen LogP contribution in [-0.4, -0.2) is 27.2 Å². The minimum absolute atomic E-state index is 0.128. The number of aliphatic hydroxyl groups is 1. The Balaban J connectivity index is 1.92. The number of benzene rings is 1. The fourth-order valence-corrected chi connectivity index (χ4v) is 2.88. The number of anilines is 1. The molecular weight excluding hydrogens is 262 g/mol. The lowest BCUT2D eigenvalue weighted by Gasteiger charge is -2.27. The summed E-state index contributed by atoms with van der Waals surface area (Å²) in [5.41, 5.74) is 0.995. The second-order valence-corrected chi connectivity index (χ2v) is 6.25. The predicted molar refractivity (Wildman–Crippen MR) is 85.5 cm³/mol. The topological polar surface area (TPSA) is 58.0 Å². The van der Waals surface area contributed by atoms with E-state index < -0.39 is 0 Å². The van der Waals surface area contributed by atoms with Crippen LogP contribution >= 0.6 is 0 Å². The van der Waals surface area contributed by atoms with Crippen LogP contribution in [0, 0.1) is 0 Å². The SMILES string of the molecule is CC(C)c1nc(NC2CCC(O)CC2)c2ccccc2n1. The van der Waals surface area contributed by atoms with E-state index in [1.54, 1.807) is 0 Å². The molecule has 1 aliphatic rings. The van der Waals surface area contributed by atoms with E-state index in [1.165, 1.54) is 0 Å². The molecule has 4 nitrogen and oxygen atoms in total. The Kier molecular flexibility index (Phi) is 4.06. The number of aliphatic hydroxyl groups excluding tert-OH is 1. The summed E-state index contributed by atoms with van der Waals surface area (Å²) in [5, 5.41) is 14.3. The van der Waals surface area contributed by atoms with E-state index in [2.05, 4.69) is 30.2 Å². The van der Waals surface area contributed by atoms with Gasteiger partial charge in [0.25, 0.3) is 0 Å². The van der Waals surface area contributed by atoms with Crippen LogP contribution in [0.25, 0.3) is 10.9 Å². The molecule has 0 aliphatic heterocycles. The zero-order chi connectivity index (χ0) is 14.8. The Morgan fingerprint density at radius 1 is 1.10 bits per heavy atom. The summed E-state index contributed by atoms with van der Waals surface area (Å²) in [4.78, 5) is 9.38. The number of nitrogens with zero attached hydrogens (tertiary/aromatic N) is 2. The van der Waals surface area contributed by atoms with E-state index in [0.717, 1.165) is 48.2 Å². The Bertz CT molecular complexity index is 618. The van der Waals surface area contributed by atoms with Crippen LogP contribution in [0.4, 0.5) is 5.82 Å². The number of hydrogen-bond acceptors (Lipinski definition) is 4. The van der Waals surface area contributed by atoms with Crippen molar-refractivity contribution in [1.29, 1.82) is 0 Å². The van der Waals surface area contributed by atoms with Crippen molar-refractivity contribution in [2.45, 2.75) is 57.6 Å². The largest absolute Gasteiger partial charge is 0.393 e. The van der Waals surface area contributed by atoms with E-state index in [-0.39, 0.29) is 6.10 Å². The van der Waals surface area contributed by atoms with Gasteiger partial charge < -0.3 is 10.4 Å². The van der Waals surface area contributed by atoms with Crippen molar-refractivity contribution in [3.63, 3.8) is 0 Å². The van der Waals surface area contributed by atoms with Gasteiger partial charge in [0.15, 0.2) is 0 Å². The van der Waals surface area contributed by atoms with Crippen LogP contribution in [0.3, 0.4) is 0 Å². The molecule has 21 heavy (non-hydrogen) atoms. The van der Waals surface area contributed by atoms with Crippen molar-refractivity contribution in [2.24, 2.45) is 0 Å². The van der Waals surface area contributed by atoms with Gasteiger partial charge >= 0.3 is 0 Å². The van der Waals surface area contributed by atoms with Crippen molar-refractivity contribution in [1.82, 2.24) is 9.97 Å². The molecule has 2 N–H and O–H groups in total. The number of rotatable bonds is 3. The van der Waals surface area contributed by atoms with Crippen molar-refractivity contribution >= 4 is 16.7 Å². The van der Waals surface area contributed by atoms with Gasteiger partial charge in [0.1, 0.15) is 11.6 Å². The summed E-state index contributed by atoms with van der Waals surface area (Å²) in [6, 6.07) is 8.54. The molecule has 1 fully saturated rings. The Labute approximate surface area is 125 Å². The number of aromatic nitrogens is 2. The van der Waals surface area contributed by atoms with Crippen LogP contribution in [-0.2, 0) is 0 Å². The van der Waals surface area contributed by atoms with Gasteiger partial charge in [-0.25, -0.2) is 9.97 Å². The number of nitrogens with one attached hydrogen (secondary N) is 1. The highest BCUT2D eigenvalue weighted by molar-refractivity contribution is 5.89. The number of hydrogen-bond donors (Lipinski definition) is 2. The molecule has 2 aromatic rings. The molecule has 0 spiro atoms. The van der Waals surface area contributed by atoms with Gasteiger partial charge in [-0.1, -0.05) is 26.0 Å². The zero-order valence-corrected chi connectivity index (χ0v) is 12.7. The summed E-state index contributed by atoms with van der Waals surface area (Å²) in [6.45, 7) is 4.23. The molecule has 0 saturated heterocycles. The predicted octanol–water partition coefficient (Wildman–Crippen LogP) is 3.47. The van der Waals surface area contributed by atoms with E-state index in [4.69, 9.17) is 4.98 Å².